The number of rotatable bonds is 6. The molecule has 4 nitrogen and oxygen atoms in total. The molecule has 0 aliphatic carbocycles. The molecule has 0 bridgehead atoms. The van der Waals surface area contributed by atoms with Crippen LogP contribution in [0.4, 0.5) is 0 Å². The first kappa shape index (κ1) is 14.5. The molecule has 0 aromatic rings. The van der Waals surface area contributed by atoms with Gasteiger partial charge in [-0.25, -0.2) is 0 Å². The normalized spacial score (nSPS) is 23.9. The van der Waals surface area contributed by atoms with Crippen molar-refractivity contribution in [2.24, 2.45) is 5.73 Å². The molecule has 3 N–H and O–H groups in total. The standard InChI is InChI=1S/C13H27N3O/c1-10(2)15-12(13(14)17)7-9-16-8-5-4-6-11(16)3/h10-12,15H,4-9H2,1-3H3,(H2,14,17). The average molecular weight is 241 g/mol. The maximum absolute atomic E-state index is 11.3. The third-order valence-electron chi connectivity index (χ3n) is 3.52. The van der Waals surface area contributed by atoms with Crippen LogP contribution in [0.1, 0.15) is 46.5 Å². The van der Waals surface area contributed by atoms with Crippen LogP contribution in [0.2, 0.25) is 0 Å². The predicted octanol–water partition coefficient (Wildman–Crippen LogP) is 1.10. The number of likely N-dealkylation sites (tertiary alicyclic amines) is 1. The smallest absolute Gasteiger partial charge is 0.234 e. The van der Waals surface area contributed by atoms with Gasteiger partial charge in [-0.15, -0.1) is 0 Å². The maximum Gasteiger partial charge on any atom is 0.234 e. The van der Waals surface area contributed by atoms with Crippen molar-refractivity contribution < 1.29 is 4.79 Å². The van der Waals surface area contributed by atoms with E-state index in [0.717, 1.165) is 19.5 Å². The lowest BCUT2D eigenvalue weighted by atomic mass is 10.0. The van der Waals surface area contributed by atoms with Gasteiger partial charge < -0.3 is 16.0 Å². The molecule has 1 aliphatic heterocycles. The number of amides is 1. The van der Waals surface area contributed by atoms with Gasteiger partial charge in [-0.1, -0.05) is 20.3 Å². The van der Waals surface area contributed by atoms with Gasteiger partial charge in [0.25, 0.3) is 0 Å². The van der Waals surface area contributed by atoms with Gasteiger partial charge >= 0.3 is 0 Å². The van der Waals surface area contributed by atoms with Crippen molar-refractivity contribution in [3.05, 3.63) is 0 Å². The molecule has 0 aromatic heterocycles. The summed E-state index contributed by atoms with van der Waals surface area (Å²) in [5, 5.41) is 3.23. The summed E-state index contributed by atoms with van der Waals surface area (Å²) in [6.45, 7) is 8.48. The molecule has 2 unspecified atom stereocenters. The SMILES string of the molecule is CC(C)NC(CCN1CCCCC1C)C(N)=O. The van der Waals surface area contributed by atoms with Crippen molar-refractivity contribution in [1.29, 1.82) is 0 Å². The first-order chi connectivity index (χ1) is 8.00. The average Bonchev–Trinajstić information content (AvgIpc) is 2.25. The second kappa shape index (κ2) is 6.97. The van der Waals surface area contributed by atoms with Crippen LogP contribution in [0.3, 0.4) is 0 Å². The topological polar surface area (TPSA) is 58.4 Å². The maximum atomic E-state index is 11.3. The van der Waals surface area contributed by atoms with Crippen LogP contribution in [0.5, 0.6) is 0 Å². The monoisotopic (exact) mass is 241 g/mol. The van der Waals surface area contributed by atoms with E-state index < -0.39 is 0 Å². The molecule has 0 spiro atoms. The first-order valence-electron chi connectivity index (χ1n) is 6.80. The minimum Gasteiger partial charge on any atom is -0.368 e. The van der Waals surface area contributed by atoms with E-state index >= 15 is 0 Å². The van der Waals surface area contributed by atoms with Crippen LogP contribution in [0, 0.1) is 0 Å². The Morgan fingerprint density at radius 2 is 2.18 bits per heavy atom. The number of piperidine rings is 1. The van der Waals surface area contributed by atoms with Gasteiger partial charge in [0.1, 0.15) is 0 Å². The Morgan fingerprint density at radius 1 is 1.47 bits per heavy atom. The molecule has 1 amide bonds. The highest BCUT2D eigenvalue weighted by molar-refractivity contribution is 5.79. The van der Waals surface area contributed by atoms with Gasteiger partial charge in [-0.05, 0) is 32.7 Å². The molecule has 1 aliphatic rings. The van der Waals surface area contributed by atoms with E-state index in [1.807, 2.05) is 13.8 Å². The van der Waals surface area contributed by atoms with Gasteiger partial charge in [0, 0.05) is 18.6 Å². The molecule has 1 fully saturated rings. The number of nitrogens with zero attached hydrogens (tertiary/aromatic N) is 1. The van der Waals surface area contributed by atoms with Crippen LogP contribution in [0.15, 0.2) is 0 Å². The molecule has 100 valence electrons. The Balaban J connectivity index is 2.37. The largest absolute Gasteiger partial charge is 0.368 e. The zero-order chi connectivity index (χ0) is 12.8. The van der Waals surface area contributed by atoms with Gasteiger partial charge in [-0.2, -0.15) is 0 Å². The number of carbonyl (C=O) groups is 1. The van der Waals surface area contributed by atoms with E-state index in [1.54, 1.807) is 0 Å². The summed E-state index contributed by atoms with van der Waals surface area (Å²) in [6, 6.07) is 0.756. The molecular formula is C13H27N3O. The zero-order valence-electron chi connectivity index (χ0n) is 11.4. The van der Waals surface area contributed by atoms with E-state index in [4.69, 9.17) is 5.73 Å². The number of nitrogens with two attached hydrogens (primary N) is 1. The quantitative estimate of drug-likeness (QED) is 0.732. The van der Waals surface area contributed by atoms with Crippen molar-refractivity contribution in [3.8, 4) is 0 Å². The Morgan fingerprint density at radius 3 is 2.71 bits per heavy atom. The van der Waals surface area contributed by atoms with E-state index in [1.165, 1.54) is 19.3 Å². The molecule has 1 saturated heterocycles. The van der Waals surface area contributed by atoms with Crippen molar-refractivity contribution in [2.75, 3.05) is 13.1 Å². The summed E-state index contributed by atoms with van der Waals surface area (Å²) in [4.78, 5) is 13.8. The molecular weight excluding hydrogens is 214 g/mol. The van der Waals surface area contributed by atoms with Gasteiger partial charge in [0.05, 0.1) is 6.04 Å². The second-order valence-corrected chi connectivity index (χ2v) is 5.45. The van der Waals surface area contributed by atoms with Crippen molar-refractivity contribution in [2.45, 2.75) is 64.6 Å². The molecule has 17 heavy (non-hydrogen) atoms. The summed E-state index contributed by atoms with van der Waals surface area (Å²) in [5.74, 6) is -0.233. The van der Waals surface area contributed by atoms with Gasteiger partial charge in [0.15, 0.2) is 0 Å². The second-order valence-electron chi connectivity index (χ2n) is 5.45. The highest BCUT2D eigenvalue weighted by atomic mass is 16.1. The predicted molar refractivity (Wildman–Crippen MR) is 70.8 cm³/mol. The number of carbonyl (C=O) groups excluding carboxylic acids is 1. The number of hydrogen-bond donors (Lipinski definition) is 2. The summed E-state index contributed by atoms with van der Waals surface area (Å²) in [7, 11) is 0. The van der Waals surface area contributed by atoms with Gasteiger partial charge in [0.2, 0.25) is 5.91 Å². The Kier molecular flexibility index (Phi) is 5.92. The molecule has 0 radical (unpaired) electrons. The van der Waals surface area contributed by atoms with Crippen molar-refractivity contribution in [3.63, 3.8) is 0 Å². The van der Waals surface area contributed by atoms with E-state index in [-0.39, 0.29) is 11.9 Å². The molecule has 4 heteroatoms. The summed E-state index contributed by atoms with van der Waals surface area (Å²) in [5.41, 5.74) is 5.42. The molecule has 0 saturated carbocycles. The first-order valence-corrected chi connectivity index (χ1v) is 6.80. The lowest BCUT2D eigenvalue weighted by Crippen LogP contribution is -2.47. The Labute approximate surface area is 105 Å². The zero-order valence-corrected chi connectivity index (χ0v) is 11.4. The lowest BCUT2D eigenvalue weighted by molar-refractivity contribution is -0.120. The summed E-state index contributed by atoms with van der Waals surface area (Å²) in [6.07, 6.45) is 4.71. The van der Waals surface area contributed by atoms with E-state index in [2.05, 4.69) is 17.1 Å². The third-order valence-corrected chi connectivity index (χ3v) is 3.52. The van der Waals surface area contributed by atoms with Crippen LogP contribution < -0.4 is 11.1 Å². The van der Waals surface area contributed by atoms with Crippen LogP contribution in [-0.4, -0.2) is 42.0 Å². The van der Waals surface area contributed by atoms with Gasteiger partial charge in [-0.3, -0.25) is 4.79 Å². The van der Waals surface area contributed by atoms with Crippen molar-refractivity contribution >= 4 is 5.91 Å². The summed E-state index contributed by atoms with van der Waals surface area (Å²) >= 11 is 0. The molecule has 2 atom stereocenters. The highest BCUT2D eigenvalue weighted by Crippen LogP contribution is 2.16. The Bertz CT molecular complexity index is 243. The fourth-order valence-electron chi connectivity index (χ4n) is 2.49. The number of primary amides is 1. The van der Waals surface area contributed by atoms with Crippen molar-refractivity contribution in [1.82, 2.24) is 10.2 Å². The molecule has 0 aromatic carbocycles. The minimum atomic E-state index is -0.233. The minimum absolute atomic E-state index is 0.191. The van der Waals surface area contributed by atoms with E-state index in [0.29, 0.717) is 12.1 Å². The summed E-state index contributed by atoms with van der Waals surface area (Å²) < 4.78 is 0. The third kappa shape index (κ3) is 5.04. The Hall–Kier alpha value is -0.610. The molecule has 1 rings (SSSR count). The fourth-order valence-corrected chi connectivity index (χ4v) is 2.49. The lowest BCUT2D eigenvalue weighted by Gasteiger charge is -2.34. The number of nitrogens with one attached hydrogen (secondary N) is 1. The molecule has 1 heterocycles. The van der Waals surface area contributed by atoms with Crippen LogP contribution in [-0.2, 0) is 4.79 Å². The highest BCUT2D eigenvalue weighted by Gasteiger charge is 2.21. The fraction of sp³-hybridized carbons (Fsp3) is 0.923. The van der Waals surface area contributed by atoms with Crippen LogP contribution >= 0.6 is 0 Å². The number of hydrogen-bond acceptors (Lipinski definition) is 3. The van der Waals surface area contributed by atoms with E-state index in [9.17, 15) is 4.79 Å². The van der Waals surface area contributed by atoms with Crippen LogP contribution in [0.25, 0.3) is 0 Å².